The van der Waals surface area contributed by atoms with E-state index in [9.17, 15) is 0 Å². The fourth-order valence-corrected chi connectivity index (χ4v) is 3.38. The summed E-state index contributed by atoms with van der Waals surface area (Å²) in [6.07, 6.45) is 0.840. The summed E-state index contributed by atoms with van der Waals surface area (Å²) >= 11 is 0. The van der Waals surface area contributed by atoms with Gasteiger partial charge in [-0.1, -0.05) is 90.5 Å². The molecular formula is C23H22N2. The van der Waals surface area contributed by atoms with Crippen LogP contribution in [0.2, 0.25) is 0 Å². The summed E-state index contributed by atoms with van der Waals surface area (Å²) in [7, 11) is 0. The molecule has 1 aliphatic rings. The summed E-state index contributed by atoms with van der Waals surface area (Å²) in [6.45, 7) is 2.12. The second-order valence-electron chi connectivity index (χ2n) is 6.63. The molecule has 2 nitrogen and oxygen atoms in total. The third kappa shape index (κ3) is 3.48. The van der Waals surface area contributed by atoms with E-state index in [1.807, 2.05) is 0 Å². The Balaban J connectivity index is 1.64. The van der Waals surface area contributed by atoms with Crippen LogP contribution in [0.3, 0.4) is 0 Å². The van der Waals surface area contributed by atoms with Crippen molar-refractivity contribution in [1.29, 1.82) is 0 Å². The smallest absolute Gasteiger partial charge is 0.102 e. The van der Waals surface area contributed by atoms with Crippen LogP contribution < -0.4 is 5.32 Å². The maximum Gasteiger partial charge on any atom is 0.102 e. The Kier molecular flexibility index (Phi) is 4.34. The first-order chi connectivity index (χ1) is 12.3. The molecule has 0 spiro atoms. The second kappa shape index (κ2) is 6.94. The van der Waals surface area contributed by atoms with Gasteiger partial charge in [0.25, 0.3) is 0 Å². The van der Waals surface area contributed by atoms with Crippen molar-refractivity contribution < 1.29 is 0 Å². The first kappa shape index (κ1) is 15.6. The van der Waals surface area contributed by atoms with E-state index in [1.165, 1.54) is 22.3 Å². The number of rotatable bonds is 4. The third-order valence-electron chi connectivity index (χ3n) is 4.72. The van der Waals surface area contributed by atoms with Crippen LogP contribution in [-0.4, -0.2) is 5.84 Å². The van der Waals surface area contributed by atoms with Crippen molar-refractivity contribution in [1.82, 2.24) is 5.32 Å². The molecule has 2 heteroatoms. The van der Waals surface area contributed by atoms with Crippen LogP contribution in [0.5, 0.6) is 0 Å². The fourth-order valence-electron chi connectivity index (χ4n) is 3.38. The Bertz CT molecular complexity index is 852. The van der Waals surface area contributed by atoms with E-state index in [0.717, 1.165) is 12.3 Å². The zero-order chi connectivity index (χ0) is 17.1. The minimum atomic E-state index is 0.115. The lowest BCUT2D eigenvalue weighted by Gasteiger charge is -2.19. The van der Waals surface area contributed by atoms with Crippen LogP contribution in [0.25, 0.3) is 0 Å². The summed E-state index contributed by atoms with van der Waals surface area (Å²) in [5, 5.41) is 3.67. The molecular weight excluding hydrogens is 304 g/mol. The van der Waals surface area contributed by atoms with E-state index in [-0.39, 0.29) is 12.1 Å². The number of hydrogen-bond acceptors (Lipinski definition) is 2. The fraction of sp³-hybridized carbons (Fsp3) is 0.174. The highest BCUT2D eigenvalue weighted by Gasteiger charge is 2.30. The first-order valence-corrected chi connectivity index (χ1v) is 8.78. The first-order valence-electron chi connectivity index (χ1n) is 8.78. The topological polar surface area (TPSA) is 24.4 Å². The van der Waals surface area contributed by atoms with E-state index < -0.39 is 0 Å². The third-order valence-corrected chi connectivity index (χ3v) is 4.72. The minimum Gasteiger partial charge on any atom is -0.364 e. The van der Waals surface area contributed by atoms with Gasteiger partial charge in [-0.15, -0.1) is 0 Å². The van der Waals surface area contributed by atoms with Gasteiger partial charge in [-0.05, 0) is 23.6 Å². The lowest BCUT2D eigenvalue weighted by atomic mass is 9.95. The average molecular weight is 326 g/mol. The normalized spacial score (nSPS) is 19.3. The van der Waals surface area contributed by atoms with Gasteiger partial charge in [0.05, 0.1) is 6.04 Å². The quantitative estimate of drug-likeness (QED) is 0.715. The van der Waals surface area contributed by atoms with Gasteiger partial charge in [-0.25, -0.2) is 0 Å². The van der Waals surface area contributed by atoms with Crippen LogP contribution >= 0.6 is 0 Å². The molecule has 3 aromatic rings. The Labute approximate surface area is 149 Å². The Hall–Kier alpha value is -2.87. The number of nitrogens with one attached hydrogen (secondary N) is 1. The van der Waals surface area contributed by atoms with Crippen LogP contribution in [-0.2, 0) is 6.42 Å². The second-order valence-corrected chi connectivity index (χ2v) is 6.63. The predicted molar refractivity (Wildman–Crippen MR) is 104 cm³/mol. The Morgan fingerprint density at radius 2 is 1.36 bits per heavy atom. The molecule has 1 heterocycles. The molecule has 124 valence electrons. The van der Waals surface area contributed by atoms with Gasteiger partial charge in [0.15, 0.2) is 0 Å². The highest BCUT2D eigenvalue weighted by atomic mass is 15.1. The summed E-state index contributed by atoms with van der Waals surface area (Å²) in [5.74, 6) is 1.06. The molecule has 0 aromatic heterocycles. The van der Waals surface area contributed by atoms with Crippen molar-refractivity contribution in [2.24, 2.45) is 4.99 Å². The Morgan fingerprint density at radius 3 is 2.00 bits per heavy atom. The van der Waals surface area contributed by atoms with Gasteiger partial charge in [-0.3, -0.25) is 4.99 Å². The van der Waals surface area contributed by atoms with Crippen molar-refractivity contribution in [3.8, 4) is 0 Å². The summed E-state index contributed by atoms with van der Waals surface area (Å²) < 4.78 is 0. The number of aryl methyl sites for hydroxylation is 1. The lowest BCUT2D eigenvalue weighted by Crippen LogP contribution is -2.25. The molecule has 4 rings (SSSR count). The molecule has 0 amide bonds. The molecule has 1 aliphatic heterocycles. The van der Waals surface area contributed by atoms with Crippen molar-refractivity contribution in [2.45, 2.75) is 25.4 Å². The van der Waals surface area contributed by atoms with Crippen molar-refractivity contribution >= 4 is 5.84 Å². The molecule has 0 bridgehead atoms. The molecule has 0 aliphatic carbocycles. The molecule has 25 heavy (non-hydrogen) atoms. The highest BCUT2D eigenvalue weighted by molar-refractivity contribution is 5.87. The van der Waals surface area contributed by atoms with E-state index in [0.29, 0.717) is 0 Å². The number of amidine groups is 1. The van der Waals surface area contributed by atoms with E-state index in [2.05, 4.69) is 97.2 Å². The number of hydrogen-bond donors (Lipinski definition) is 1. The van der Waals surface area contributed by atoms with Crippen LogP contribution in [0.4, 0.5) is 0 Å². The average Bonchev–Trinajstić information content (AvgIpc) is 3.09. The molecule has 1 N–H and O–H groups in total. The molecule has 2 unspecified atom stereocenters. The maximum absolute atomic E-state index is 5.04. The summed E-state index contributed by atoms with van der Waals surface area (Å²) in [4.78, 5) is 5.04. The molecule has 0 saturated heterocycles. The highest BCUT2D eigenvalue weighted by Crippen LogP contribution is 2.36. The van der Waals surface area contributed by atoms with Crippen molar-refractivity contribution in [3.05, 3.63) is 107 Å². The number of aliphatic imine (C=N–C) groups is 1. The maximum atomic E-state index is 5.04. The SMILES string of the molecule is Cc1ccc(CC2=NC(c3ccccc3)C(c3ccccc3)N2)cc1. The molecule has 0 saturated carbocycles. The largest absolute Gasteiger partial charge is 0.364 e. The van der Waals surface area contributed by atoms with E-state index in [4.69, 9.17) is 4.99 Å². The summed E-state index contributed by atoms with van der Waals surface area (Å²) in [5.41, 5.74) is 5.11. The summed E-state index contributed by atoms with van der Waals surface area (Å²) in [6, 6.07) is 30.2. The number of benzene rings is 3. The molecule has 2 atom stereocenters. The monoisotopic (exact) mass is 326 g/mol. The lowest BCUT2D eigenvalue weighted by molar-refractivity contribution is 0.572. The van der Waals surface area contributed by atoms with Gasteiger partial charge in [0.1, 0.15) is 11.9 Å². The molecule has 0 fully saturated rings. The van der Waals surface area contributed by atoms with Gasteiger partial charge >= 0.3 is 0 Å². The molecule has 3 aromatic carbocycles. The van der Waals surface area contributed by atoms with E-state index >= 15 is 0 Å². The van der Waals surface area contributed by atoms with Gasteiger partial charge < -0.3 is 5.32 Å². The van der Waals surface area contributed by atoms with Crippen LogP contribution in [0.1, 0.15) is 34.3 Å². The van der Waals surface area contributed by atoms with Crippen LogP contribution in [0, 0.1) is 6.92 Å². The zero-order valence-corrected chi connectivity index (χ0v) is 14.4. The van der Waals surface area contributed by atoms with Gasteiger partial charge in [0, 0.05) is 6.42 Å². The van der Waals surface area contributed by atoms with Crippen molar-refractivity contribution in [2.75, 3.05) is 0 Å². The standard InChI is InChI=1S/C23H22N2/c1-17-12-14-18(15-13-17)16-21-24-22(19-8-4-2-5-9-19)23(25-21)20-10-6-3-7-11-20/h2-15,22-23H,16H2,1H3,(H,24,25). The number of nitrogens with zero attached hydrogens (tertiary/aromatic N) is 1. The Morgan fingerprint density at radius 1 is 0.760 bits per heavy atom. The minimum absolute atomic E-state index is 0.115. The zero-order valence-electron chi connectivity index (χ0n) is 14.4. The van der Waals surface area contributed by atoms with E-state index in [1.54, 1.807) is 0 Å². The van der Waals surface area contributed by atoms with Gasteiger partial charge in [-0.2, -0.15) is 0 Å². The van der Waals surface area contributed by atoms with Crippen molar-refractivity contribution in [3.63, 3.8) is 0 Å². The van der Waals surface area contributed by atoms with Crippen LogP contribution in [0.15, 0.2) is 89.9 Å². The predicted octanol–water partition coefficient (Wildman–Crippen LogP) is 5.02. The van der Waals surface area contributed by atoms with Gasteiger partial charge in [0.2, 0.25) is 0 Å². The molecule has 0 radical (unpaired) electrons.